The van der Waals surface area contributed by atoms with Crippen LogP contribution >= 0.6 is 0 Å². The fourth-order valence-corrected chi connectivity index (χ4v) is 2.25. The van der Waals surface area contributed by atoms with Crippen LogP contribution in [0.15, 0.2) is 6.07 Å². The summed E-state index contributed by atoms with van der Waals surface area (Å²) in [6.45, 7) is 8.23. The van der Waals surface area contributed by atoms with E-state index in [1.807, 2.05) is 19.9 Å². The molecule has 1 unspecified atom stereocenters. The van der Waals surface area contributed by atoms with Crippen molar-refractivity contribution in [1.82, 2.24) is 10.3 Å². The predicted octanol–water partition coefficient (Wildman–Crippen LogP) is 2.16. The van der Waals surface area contributed by atoms with E-state index in [2.05, 4.69) is 24.1 Å². The van der Waals surface area contributed by atoms with Crippen LogP contribution < -0.4 is 5.32 Å². The van der Waals surface area contributed by atoms with Gasteiger partial charge in [0, 0.05) is 12.2 Å². The molecule has 1 rings (SSSR count). The van der Waals surface area contributed by atoms with E-state index in [0.717, 1.165) is 24.1 Å². The summed E-state index contributed by atoms with van der Waals surface area (Å²) in [5.74, 6) is 0.0994. The first kappa shape index (κ1) is 14.8. The Balaban J connectivity index is 2.53. The monoisotopic (exact) mass is 252 g/mol. The Kier molecular flexibility index (Phi) is 5.41. The van der Waals surface area contributed by atoms with E-state index in [1.54, 1.807) is 0 Å². The van der Waals surface area contributed by atoms with Crippen LogP contribution in [0.25, 0.3) is 0 Å². The summed E-state index contributed by atoms with van der Waals surface area (Å²) in [5.41, 5.74) is 2.49. The van der Waals surface area contributed by atoms with Crippen molar-refractivity contribution < 1.29 is 9.90 Å². The van der Waals surface area contributed by atoms with Crippen molar-refractivity contribution in [3.05, 3.63) is 23.0 Å². The van der Waals surface area contributed by atoms with Gasteiger partial charge in [-0.1, -0.05) is 26.7 Å². The van der Waals surface area contributed by atoms with Crippen LogP contribution in [0.5, 0.6) is 0 Å². The molecule has 0 aromatic carbocycles. The van der Waals surface area contributed by atoms with E-state index >= 15 is 0 Å². The molecule has 0 aliphatic heterocycles. The topological polar surface area (TPSA) is 65.1 Å². The minimum Gasteiger partial charge on any atom is -0.391 e. The van der Waals surface area contributed by atoms with Crippen LogP contribution in [-0.2, 0) is 0 Å². The van der Waals surface area contributed by atoms with Crippen LogP contribution in [0.2, 0.25) is 0 Å². The minimum atomic E-state index is -0.472. The first-order chi connectivity index (χ1) is 8.49. The third-order valence-electron chi connectivity index (χ3n) is 3.44. The van der Waals surface area contributed by atoms with E-state index < -0.39 is 6.10 Å². The molecule has 18 heavy (non-hydrogen) atoms. The van der Waals surface area contributed by atoms with E-state index in [0.29, 0.717) is 12.2 Å². The number of aromatic amines is 1. The molecule has 4 heteroatoms. The van der Waals surface area contributed by atoms with E-state index in [-0.39, 0.29) is 11.8 Å². The van der Waals surface area contributed by atoms with Crippen molar-refractivity contribution in [1.29, 1.82) is 0 Å². The quantitative estimate of drug-likeness (QED) is 0.726. The van der Waals surface area contributed by atoms with Crippen LogP contribution in [0.3, 0.4) is 0 Å². The van der Waals surface area contributed by atoms with Crippen molar-refractivity contribution in [3.63, 3.8) is 0 Å². The van der Waals surface area contributed by atoms with E-state index in [9.17, 15) is 9.90 Å². The smallest absolute Gasteiger partial charge is 0.268 e. The average Bonchev–Trinajstić information content (AvgIpc) is 2.67. The molecule has 3 N–H and O–H groups in total. The second-order valence-corrected chi connectivity index (χ2v) is 4.86. The summed E-state index contributed by atoms with van der Waals surface area (Å²) < 4.78 is 0. The van der Waals surface area contributed by atoms with Crippen molar-refractivity contribution in [2.45, 2.75) is 46.6 Å². The minimum absolute atomic E-state index is 0.148. The Morgan fingerprint density at radius 2 is 2.00 bits per heavy atom. The molecule has 0 spiro atoms. The number of aromatic nitrogens is 1. The zero-order valence-electron chi connectivity index (χ0n) is 11.7. The summed E-state index contributed by atoms with van der Waals surface area (Å²) in [5, 5.41) is 12.7. The fraction of sp³-hybridized carbons (Fsp3) is 0.643. The highest BCUT2D eigenvalue weighted by Gasteiger charge is 2.17. The van der Waals surface area contributed by atoms with Crippen LogP contribution in [-0.4, -0.2) is 28.6 Å². The van der Waals surface area contributed by atoms with Gasteiger partial charge in [0.2, 0.25) is 0 Å². The maximum atomic E-state index is 11.9. The number of rotatable bonds is 6. The molecule has 0 saturated carbocycles. The largest absolute Gasteiger partial charge is 0.391 e. The Morgan fingerprint density at radius 1 is 1.39 bits per heavy atom. The van der Waals surface area contributed by atoms with Gasteiger partial charge >= 0.3 is 0 Å². The molecule has 0 bridgehead atoms. The molecule has 1 aromatic rings. The first-order valence-corrected chi connectivity index (χ1v) is 6.62. The van der Waals surface area contributed by atoms with Crippen LogP contribution in [0, 0.1) is 19.8 Å². The average molecular weight is 252 g/mol. The zero-order chi connectivity index (χ0) is 13.7. The van der Waals surface area contributed by atoms with Crippen molar-refractivity contribution >= 4 is 5.91 Å². The highest BCUT2D eigenvalue weighted by molar-refractivity contribution is 5.93. The molecule has 0 fully saturated rings. The van der Waals surface area contributed by atoms with E-state index in [1.165, 1.54) is 0 Å². The number of amides is 1. The Labute approximate surface area is 109 Å². The highest BCUT2D eigenvalue weighted by atomic mass is 16.3. The molecule has 1 heterocycles. The summed E-state index contributed by atoms with van der Waals surface area (Å²) in [6, 6.07) is 1.94. The van der Waals surface area contributed by atoms with E-state index in [4.69, 9.17) is 0 Å². The lowest BCUT2D eigenvalue weighted by molar-refractivity contribution is 0.0813. The van der Waals surface area contributed by atoms with Gasteiger partial charge < -0.3 is 15.4 Å². The number of aliphatic hydroxyl groups is 1. The van der Waals surface area contributed by atoms with Crippen molar-refractivity contribution in [3.8, 4) is 0 Å². The summed E-state index contributed by atoms with van der Waals surface area (Å²) in [7, 11) is 0. The lowest BCUT2D eigenvalue weighted by Crippen LogP contribution is -2.36. The second-order valence-electron chi connectivity index (χ2n) is 4.86. The number of hydrogen-bond donors (Lipinski definition) is 3. The van der Waals surface area contributed by atoms with Gasteiger partial charge in [-0.3, -0.25) is 4.79 Å². The first-order valence-electron chi connectivity index (χ1n) is 6.62. The Morgan fingerprint density at radius 3 is 2.44 bits per heavy atom. The molecular formula is C14H24N2O2. The maximum Gasteiger partial charge on any atom is 0.268 e. The van der Waals surface area contributed by atoms with Crippen LogP contribution in [0.1, 0.15) is 48.4 Å². The molecule has 1 aromatic heterocycles. The highest BCUT2D eigenvalue weighted by Crippen LogP contribution is 2.13. The lowest BCUT2D eigenvalue weighted by atomic mass is 9.96. The molecule has 0 radical (unpaired) electrons. The zero-order valence-corrected chi connectivity index (χ0v) is 11.7. The lowest BCUT2D eigenvalue weighted by Gasteiger charge is -2.20. The van der Waals surface area contributed by atoms with Gasteiger partial charge in [-0.05, 0) is 31.4 Å². The number of H-pyrrole nitrogens is 1. The standard InChI is InChI=1S/C14H24N2O2/c1-5-11(6-2)12(17)8-15-14(18)13-9(3)7-10(4)16-13/h7,11-12,16-17H,5-6,8H2,1-4H3,(H,15,18). The van der Waals surface area contributed by atoms with Gasteiger partial charge in [-0.2, -0.15) is 0 Å². The number of nitrogens with one attached hydrogen (secondary N) is 2. The van der Waals surface area contributed by atoms with Gasteiger partial charge in [0.15, 0.2) is 0 Å². The normalized spacial score (nSPS) is 12.8. The Hall–Kier alpha value is -1.29. The number of carbonyl (C=O) groups is 1. The molecule has 102 valence electrons. The maximum absolute atomic E-state index is 11.9. The number of hydrogen-bond acceptors (Lipinski definition) is 2. The molecule has 1 amide bonds. The molecular weight excluding hydrogens is 228 g/mol. The van der Waals surface area contributed by atoms with Gasteiger partial charge in [-0.25, -0.2) is 0 Å². The third-order valence-corrected chi connectivity index (χ3v) is 3.44. The van der Waals surface area contributed by atoms with Gasteiger partial charge in [0.1, 0.15) is 5.69 Å². The summed E-state index contributed by atoms with van der Waals surface area (Å²) >= 11 is 0. The molecule has 0 aliphatic rings. The fourth-order valence-electron chi connectivity index (χ4n) is 2.25. The summed E-state index contributed by atoms with van der Waals surface area (Å²) in [6.07, 6.45) is 1.38. The van der Waals surface area contributed by atoms with Gasteiger partial charge in [-0.15, -0.1) is 0 Å². The molecule has 1 atom stereocenters. The predicted molar refractivity (Wildman–Crippen MR) is 72.7 cm³/mol. The van der Waals surface area contributed by atoms with Crippen molar-refractivity contribution in [2.75, 3.05) is 6.54 Å². The third kappa shape index (κ3) is 3.60. The molecule has 0 saturated heterocycles. The SMILES string of the molecule is CCC(CC)C(O)CNC(=O)c1[nH]c(C)cc1C. The van der Waals surface area contributed by atoms with Gasteiger partial charge in [0.05, 0.1) is 6.10 Å². The molecule has 0 aliphatic carbocycles. The van der Waals surface area contributed by atoms with Gasteiger partial charge in [0.25, 0.3) is 5.91 Å². The number of carbonyl (C=O) groups excluding carboxylic acids is 1. The second kappa shape index (κ2) is 6.59. The van der Waals surface area contributed by atoms with Crippen molar-refractivity contribution in [2.24, 2.45) is 5.92 Å². The number of aliphatic hydroxyl groups excluding tert-OH is 1. The van der Waals surface area contributed by atoms with Crippen LogP contribution in [0.4, 0.5) is 0 Å². The number of aryl methyl sites for hydroxylation is 2. The Bertz CT molecular complexity index is 394. The molecule has 4 nitrogen and oxygen atoms in total. The summed E-state index contributed by atoms with van der Waals surface area (Å²) in [4.78, 5) is 15.0.